The van der Waals surface area contributed by atoms with Crippen molar-refractivity contribution < 1.29 is 91.0 Å². The van der Waals surface area contributed by atoms with E-state index in [0.717, 1.165) is 68.6 Å². The number of anilines is 5. The predicted octanol–water partition coefficient (Wildman–Crippen LogP) is 27.1. The molecule has 8 aliphatic rings. The van der Waals surface area contributed by atoms with E-state index in [0.29, 0.717) is 19.3 Å². The summed E-state index contributed by atoms with van der Waals surface area (Å²) >= 11 is 0. The molecule has 0 bridgehead atoms. The summed E-state index contributed by atoms with van der Waals surface area (Å²) < 4.78 is 0. The van der Waals surface area contributed by atoms with Crippen LogP contribution in [0.5, 0.6) is 0 Å². The van der Waals surface area contributed by atoms with Crippen molar-refractivity contribution in [1.82, 2.24) is 24.8 Å². The smallest absolute Gasteiger partial charge is 0.508 e. The molecule has 0 radical (unpaired) electrons. The normalized spacial score (nSPS) is 16.9. The summed E-state index contributed by atoms with van der Waals surface area (Å²) in [5.41, 5.74) is 22.5. The number of rotatable bonds is 15. The van der Waals surface area contributed by atoms with E-state index in [2.05, 4.69) is 280 Å². The molecule has 0 amide bonds. The molecule has 18 heteroatoms. The summed E-state index contributed by atoms with van der Waals surface area (Å²) in [5.74, 6) is 2.20. The van der Waals surface area contributed by atoms with Crippen LogP contribution in [-0.4, -0.2) is 113 Å². The van der Waals surface area contributed by atoms with E-state index in [1.807, 2.05) is 104 Å². The minimum absolute atomic E-state index is 0. The summed E-state index contributed by atoms with van der Waals surface area (Å²) in [4.78, 5) is 27.2. The van der Waals surface area contributed by atoms with Crippen molar-refractivity contribution in [2.75, 3.05) is 40.7 Å². The predicted molar refractivity (Wildman–Crippen MR) is 557 cm³/mol. The first-order valence-electron chi connectivity index (χ1n) is 49.4. The molecule has 0 spiro atoms. The standard InChI is InChI=1S/3C21H20N.2C14H16N2.C14H12N2.3C5H12O2.3Ir/c2*1-3-7-16(8-4-1)19-12-11-17-13-14-22-21(20(17)15-19)18-9-5-2-6-10-18;1-3-7-16(8-4-1)18-11-12-20-19(15-18)13-14-22-21(20)17-9-5-2-6-10-17;3*1-15-11-16(12-7-3-2-4-8-12)14-10-6-5-9-13(14)15;3*1-4(6)3-5(2)7;;;/h3*2,5-6,9,11-16H,1,3-4,7-8H2;2*2-4,7,11H,5-6,9-10H2,1H3;2-7,9-11H,1H3;3*4-7H,3H2,1-2H3;;;/q3*-1;3*-2;;;;3*+3. The minimum Gasteiger partial charge on any atom is -0.508 e. The number of aliphatic hydroxyl groups is 6. The van der Waals surface area contributed by atoms with Crippen LogP contribution in [0.15, 0.2) is 284 Å². The zero-order chi connectivity index (χ0) is 94.8. The molecule has 21 rings (SSSR count). The van der Waals surface area contributed by atoms with E-state index in [1.165, 1.54) is 231 Å². The van der Waals surface area contributed by atoms with Crippen LogP contribution < -0.4 is 19.6 Å². The van der Waals surface area contributed by atoms with Crippen LogP contribution in [0.25, 0.3) is 66.1 Å². The minimum atomic E-state index is -0.375. The molecule has 13 aromatic rings. The number of pyridine rings is 3. The molecule has 5 aliphatic carbocycles. The van der Waals surface area contributed by atoms with Crippen LogP contribution >= 0.6 is 0 Å². The van der Waals surface area contributed by atoms with Crippen molar-refractivity contribution in [1.29, 1.82) is 0 Å². The molecular weight excluding hydrogens is 2240 g/mol. The van der Waals surface area contributed by atoms with E-state index in [4.69, 9.17) is 30.6 Å². The Balaban J connectivity index is 0.000000164. The maximum Gasteiger partial charge on any atom is 3.00 e. The van der Waals surface area contributed by atoms with Gasteiger partial charge in [-0.1, -0.05) is 125 Å². The summed E-state index contributed by atoms with van der Waals surface area (Å²) in [6.45, 7) is 16.4. The monoisotopic (exact) mass is 2380 g/mol. The number of fused-ring (bicyclic) bond motifs is 4. The van der Waals surface area contributed by atoms with E-state index >= 15 is 0 Å². The molecule has 6 heterocycles. The number of aromatic nitrogens is 3. The Kier molecular flexibility index (Phi) is 45.9. The van der Waals surface area contributed by atoms with Crippen LogP contribution in [0.2, 0.25) is 0 Å². The maximum absolute atomic E-state index is 8.56. The molecule has 3 saturated carbocycles. The van der Waals surface area contributed by atoms with Crippen LogP contribution in [0.3, 0.4) is 0 Å². The first kappa shape index (κ1) is 110. The number of nitrogens with zero attached hydrogens (tertiary/aromatic N) is 9. The SMILES string of the molecule is CC(O)CC(C)O.CC(O)CC(C)O.CC(O)CC(C)O.CN1[CH-]N(c2[c-]cccc2)C2=C1CCCC2.CN1[CH-]N(c2[c-]cccc2)C2=C1CCCC2.CN1[CH-]N(c2[c-]cccc2)c2ccccc21.[Ir+3].[Ir+3].[Ir+3].[c-]1ccccc1-c1nccc2cc(C3CCCCC3)ccc12.[c-]1ccccc1-c1nccc2ccc(C3CCCCC3)cc12.[c-]1ccccc1-c1nccc2ccc(C3CCCCC3)cc12. The van der Waals surface area contributed by atoms with Crippen LogP contribution in [0.1, 0.15) is 243 Å². The average molecular weight is 2380 g/mol. The Labute approximate surface area is 864 Å². The topological polar surface area (TPSA) is 179 Å². The second-order valence-electron chi connectivity index (χ2n) is 37.3. The Hall–Kier alpha value is -9.58. The van der Waals surface area contributed by atoms with Crippen LogP contribution in [0, 0.1) is 56.4 Å². The quantitative estimate of drug-likeness (QED) is 0.0534. The third kappa shape index (κ3) is 32.2. The van der Waals surface area contributed by atoms with Crippen molar-refractivity contribution in [3.8, 4) is 33.8 Å². The van der Waals surface area contributed by atoms with Gasteiger partial charge in [-0.3, -0.25) is 0 Å². The van der Waals surface area contributed by atoms with Crippen LogP contribution in [0.4, 0.5) is 28.4 Å². The van der Waals surface area contributed by atoms with Gasteiger partial charge in [0.05, 0.1) is 36.6 Å². The van der Waals surface area contributed by atoms with Crippen molar-refractivity contribution in [3.05, 3.63) is 357 Å². The number of para-hydroxylation sites is 5. The number of hydrogen-bond acceptors (Lipinski definition) is 15. The van der Waals surface area contributed by atoms with Gasteiger partial charge in [0.15, 0.2) is 0 Å². The van der Waals surface area contributed by atoms with Gasteiger partial charge in [-0.2, -0.15) is 111 Å². The van der Waals surface area contributed by atoms with Gasteiger partial charge in [0.1, 0.15) is 0 Å². The molecule has 3 aliphatic heterocycles. The molecule has 15 nitrogen and oxygen atoms in total. The van der Waals surface area contributed by atoms with Crippen molar-refractivity contribution >= 4 is 60.8 Å². The zero-order valence-corrected chi connectivity index (χ0v) is 89.0. The van der Waals surface area contributed by atoms with Gasteiger partial charge in [-0.25, -0.2) is 0 Å². The summed E-state index contributed by atoms with van der Waals surface area (Å²) in [7, 11) is 6.34. The molecule has 728 valence electrons. The van der Waals surface area contributed by atoms with Gasteiger partial charge < -0.3 is 75.0 Å². The number of aliphatic hydroxyl groups excluding tert-OH is 6. The Morgan fingerprint density at radius 2 is 0.587 bits per heavy atom. The van der Waals surface area contributed by atoms with E-state index in [1.54, 1.807) is 41.5 Å². The maximum atomic E-state index is 8.56. The largest absolute Gasteiger partial charge is 3.00 e. The number of allylic oxidation sites excluding steroid dienone is 4. The molecule has 3 fully saturated rings. The molecule has 3 aromatic heterocycles. The average Bonchev–Trinajstić information content (AvgIpc) is 1.44. The fourth-order valence-electron chi connectivity index (χ4n) is 19.5. The summed E-state index contributed by atoms with van der Waals surface area (Å²) in [6.07, 6.45) is 35.4. The Morgan fingerprint density at radius 3 is 0.920 bits per heavy atom. The van der Waals surface area contributed by atoms with Crippen molar-refractivity contribution in [2.24, 2.45) is 0 Å². The first-order valence-corrected chi connectivity index (χ1v) is 49.4. The third-order valence-electron chi connectivity index (χ3n) is 26.0. The zero-order valence-electron chi connectivity index (χ0n) is 81.8. The van der Waals surface area contributed by atoms with E-state index in [9.17, 15) is 0 Å². The number of benzene rings is 10. The molecule has 10 aromatic carbocycles. The molecule has 6 N–H and O–H groups in total. The van der Waals surface area contributed by atoms with Gasteiger partial charge in [0.25, 0.3) is 0 Å². The van der Waals surface area contributed by atoms with E-state index in [-0.39, 0.29) is 96.9 Å². The molecule has 6 unspecified atom stereocenters. The Morgan fingerprint density at radius 1 is 0.290 bits per heavy atom. The number of hydrogen-bond donors (Lipinski definition) is 6. The van der Waals surface area contributed by atoms with Gasteiger partial charge in [-0.15, -0.1) is 125 Å². The third-order valence-corrected chi connectivity index (χ3v) is 26.0. The van der Waals surface area contributed by atoms with E-state index < -0.39 is 0 Å². The molecule has 6 atom stereocenters. The fourth-order valence-corrected chi connectivity index (χ4v) is 19.5. The van der Waals surface area contributed by atoms with Gasteiger partial charge in [0.2, 0.25) is 0 Å². The van der Waals surface area contributed by atoms with Crippen molar-refractivity contribution in [2.45, 2.75) is 263 Å². The Bertz CT molecular complexity index is 5510. The van der Waals surface area contributed by atoms with Crippen LogP contribution in [-0.2, 0) is 60.3 Å². The molecule has 0 saturated heterocycles. The summed E-state index contributed by atoms with van der Waals surface area (Å²) in [5, 5.41) is 58.9. The molecule has 138 heavy (non-hydrogen) atoms. The van der Waals surface area contributed by atoms with Gasteiger partial charge >= 0.3 is 60.3 Å². The fraction of sp³-hybridized carbons (Fsp3) is 0.367. The van der Waals surface area contributed by atoms with Crippen molar-refractivity contribution in [3.63, 3.8) is 0 Å². The summed E-state index contributed by atoms with van der Waals surface area (Å²) in [6, 6.07) is 104. The second-order valence-corrected chi connectivity index (χ2v) is 37.3. The van der Waals surface area contributed by atoms with Gasteiger partial charge in [-0.05, 0) is 286 Å². The van der Waals surface area contributed by atoms with Gasteiger partial charge in [0, 0.05) is 52.8 Å². The molecular formula is C120H140Ir3N9O6. The first-order chi connectivity index (χ1) is 65.7. The second kappa shape index (κ2) is 57.4.